The monoisotopic (exact) mass is 300 g/mol. The lowest BCUT2D eigenvalue weighted by Crippen LogP contribution is -2.35. The van der Waals surface area contributed by atoms with Crippen molar-refractivity contribution in [2.45, 2.75) is 38.7 Å². The van der Waals surface area contributed by atoms with Crippen LogP contribution in [0.2, 0.25) is 0 Å². The number of nitrogens with one attached hydrogen (secondary N) is 2. The molecule has 0 amide bonds. The Kier molecular flexibility index (Phi) is 6.13. The Balaban J connectivity index is 2.70. The van der Waals surface area contributed by atoms with E-state index in [9.17, 15) is 8.42 Å². The number of aliphatic hydroxyl groups is 1. The number of hydrogen-bond donors (Lipinski definition) is 3. The molecule has 0 aliphatic heterocycles. The molecule has 0 fully saturated rings. The van der Waals surface area contributed by atoms with Crippen LogP contribution in [0.25, 0.3) is 0 Å². The van der Waals surface area contributed by atoms with Gasteiger partial charge in [-0.1, -0.05) is 17.7 Å². The molecule has 6 heteroatoms. The minimum atomic E-state index is -3.49. The van der Waals surface area contributed by atoms with Crippen molar-refractivity contribution < 1.29 is 13.5 Å². The van der Waals surface area contributed by atoms with Crippen LogP contribution in [0.1, 0.15) is 23.6 Å². The maximum atomic E-state index is 12.3. The van der Waals surface area contributed by atoms with Gasteiger partial charge in [-0.2, -0.15) is 0 Å². The lowest BCUT2D eigenvalue weighted by molar-refractivity contribution is 0.192. The van der Waals surface area contributed by atoms with Crippen LogP contribution in [-0.2, 0) is 10.0 Å². The number of sulfonamides is 1. The van der Waals surface area contributed by atoms with Crippen LogP contribution in [0.5, 0.6) is 0 Å². The molecular formula is C14H24N2O3S. The summed E-state index contributed by atoms with van der Waals surface area (Å²) < 4.78 is 27.2. The zero-order chi connectivity index (χ0) is 15.3. The molecule has 0 aromatic heterocycles. The summed E-state index contributed by atoms with van der Waals surface area (Å²) in [5.41, 5.74) is 2.57. The number of hydrogen-bond acceptors (Lipinski definition) is 4. The predicted molar refractivity (Wildman–Crippen MR) is 80.4 cm³/mol. The van der Waals surface area contributed by atoms with Gasteiger partial charge in [-0.3, -0.25) is 0 Å². The Labute approximate surface area is 121 Å². The highest BCUT2D eigenvalue weighted by atomic mass is 32.2. The summed E-state index contributed by atoms with van der Waals surface area (Å²) in [5, 5.41) is 12.1. The molecular weight excluding hydrogens is 276 g/mol. The van der Waals surface area contributed by atoms with E-state index < -0.39 is 16.1 Å². The van der Waals surface area contributed by atoms with E-state index in [-0.39, 0.29) is 0 Å². The maximum absolute atomic E-state index is 12.3. The number of rotatable bonds is 7. The highest BCUT2D eigenvalue weighted by Gasteiger charge is 2.19. The van der Waals surface area contributed by atoms with Gasteiger partial charge in [-0.05, 0) is 38.8 Å². The van der Waals surface area contributed by atoms with E-state index in [4.69, 9.17) is 5.11 Å². The van der Waals surface area contributed by atoms with Gasteiger partial charge in [0.25, 0.3) is 0 Å². The van der Waals surface area contributed by atoms with E-state index >= 15 is 0 Å². The van der Waals surface area contributed by atoms with Crippen molar-refractivity contribution in [1.29, 1.82) is 0 Å². The topological polar surface area (TPSA) is 78.4 Å². The van der Waals surface area contributed by atoms with Gasteiger partial charge in [-0.15, -0.1) is 0 Å². The number of aliphatic hydroxyl groups excluding tert-OH is 1. The molecule has 0 saturated carbocycles. The van der Waals surface area contributed by atoms with E-state index in [1.165, 1.54) is 0 Å². The Morgan fingerprint density at radius 1 is 1.15 bits per heavy atom. The van der Waals surface area contributed by atoms with Crippen molar-refractivity contribution in [3.63, 3.8) is 0 Å². The third-order valence-electron chi connectivity index (χ3n) is 2.91. The Morgan fingerprint density at radius 3 is 2.20 bits per heavy atom. The average Bonchev–Trinajstić information content (AvgIpc) is 2.25. The molecule has 114 valence electrons. The molecule has 0 radical (unpaired) electrons. The van der Waals surface area contributed by atoms with Gasteiger partial charge in [-0.25, -0.2) is 13.1 Å². The number of aryl methyl sites for hydroxylation is 3. The van der Waals surface area contributed by atoms with Crippen molar-refractivity contribution in [1.82, 2.24) is 10.0 Å². The van der Waals surface area contributed by atoms with Crippen molar-refractivity contribution >= 4 is 10.0 Å². The fraction of sp³-hybridized carbons (Fsp3) is 0.571. The van der Waals surface area contributed by atoms with Crippen LogP contribution in [0.3, 0.4) is 0 Å². The van der Waals surface area contributed by atoms with Crippen LogP contribution in [0.15, 0.2) is 17.0 Å². The molecule has 0 spiro atoms. The fourth-order valence-corrected chi connectivity index (χ4v) is 3.73. The SMILES string of the molecule is Cc1cc(C)c(S(=O)(=O)NCCNCC(C)O)c(C)c1. The summed E-state index contributed by atoms with van der Waals surface area (Å²) >= 11 is 0. The molecule has 1 aromatic rings. The van der Waals surface area contributed by atoms with Gasteiger partial charge in [0.15, 0.2) is 0 Å². The standard InChI is InChI=1S/C14H24N2O3S/c1-10-7-11(2)14(12(3)8-10)20(18,19)16-6-5-15-9-13(4)17/h7-8,13,15-17H,5-6,9H2,1-4H3. The lowest BCUT2D eigenvalue weighted by atomic mass is 10.1. The molecule has 1 atom stereocenters. The molecule has 0 saturated heterocycles. The second-order valence-electron chi connectivity index (χ2n) is 5.18. The lowest BCUT2D eigenvalue weighted by Gasteiger charge is -2.13. The smallest absolute Gasteiger partial charge is 0.241 e. The number of benzene rings is 1. The fourth-order valence-electron chi connectivity index (χ4n) is 2.25. The van der Waals surface area contributed by atoms with E-state index in [0.717, 1.165) is 16.7 Å². The summed E-state index contributed by atoms with van der Waals surface area (Å²) in [6, 6.07) is 3.74. The second-order valence-corrected chi connectivity index (χ2v) is 6.88. The maximum Gasteiger partial charge on any atom is 0.241 e. The summed E-state index contributed by atoms with van der Waals surface area (Å²) in [6.45, 7) is 8.46. The summed E-state index contributed by atoms with van der Waals surface area (Å²) in [6.07, 6.45) is -0.437. The van der Waals surface area contributed by atoms with Gasteiger partial charge < -0.3 is 10.4 Å². The summed E-state index contributed by atoms with van der Waals surface area (Å²) in [5.74, 6) is 0. The van der Waals surface area contributed by atoms with Crippen LogP contribution >= 0.6 is 0 Å². The van der Waals surface area contributed by atoms with Crippen LogP contribution < -0.4 is 10.0 Å². The van der Waals surface area contributed by atoms with E-state index in [1.807, 2.05) is 19.1 Å². The quantitative estimate of drug-likeness (QED) is 0.653. The first-order valence-electron chi connectivity index (χ1n) is 6.70. The van der Waals surface area contributed by atoms with Gasteiger partial charge >= 0.3 is 0 Å². The van der Waals surface area contributed by atoms with Gasteiger partial charge in [0, 0.05) is 19.6 Å². The van der Waals surface area contributed by atoms with Crippen molar-refractivity contribution in [2.75, 3.05) is 19.6 Å². The zero-order valence-electron chi connectivity index (χ0n) is 12.5. The minimum Gasteiger partial charge on any atom is -0.392 e. The Bertz CT molecular complexity index is 531. The van der Waals surface area contributed by atoms with E-state index in [0.29, 0.717) is 24.5 Å². The molecule has 3 N–H and O–H groups in total. The zero-order valence-corrected chi connectivity index (χ0v) is 13.3. The van der Waals surface area contributed by atoms with E-state index in [2.05, 4.69) is 10.0 Å². The normalized spacial score (nSPS) is 13.4. The molecule has 0 aliphatic rings. The molecule has 0 aliphatic carbocycles. The van der Waals surface area contributed by atoms with Crippen LogP contribution in [0, 0.1) is 20.8 Å². The molecule has 1 aromatic carbocycles. The third kappa shape index (κ3) is 4.86. The van der Waals surface area contributed by atoms with Crippen molar-refractivity contribution in [2.24, 2.45) is 0 Å². The average molecular weight is 300 g/mol. The molecule has 0 heterocycles. The van der Waals surface area contributed by atoms with Crippen molar-refractivity contribution in [3.8, 4) is 0 Å². The van der Waals surface area contributed by atoms with Crippen LogP contribution in [-0.4, -0.2) is 39.3 Å². The van der Waals surface area contributed by atoms with Gasteiger partial charge in [0.2, 0.25) is 10.0 Å². The van der Waals surface area contributed by atoms with Gasteiger partial charge in [0.05, 0.1) is 11.0 Å². The first-order valence-corrected chi connectivity index (χ1v) is 8.18. The van der Waals surface area contributed by atoms with Crippen LogP contribution in [0.4, 0.5) is 0 Å². The minimum absolute atomic E-state index is 0.293. The van der Waals surface area contributed by atoms with E-state index in [1.54, 1.807) is 20.8 Å². The largest absolute Gasteiger partial charge is 0.392 e. The van der Waals surface area contributed by atoms with Crippen molar-refractivity contribution in [3.05, 3.63) is 28.8 Å². The molecule has 5 nitrogen and oxygen atoms in total. The Morgan fingerprint density at radius 2 is 1.70 bits per heavy atom. The predicted octanol–water partition coefficient (Wildman–Crippen LogP) is 0.861. The molecule has 0 bridgehead atoms. The highest BCUT2D eigenvalue weighted by Crippen LogP contribution is 2.21. The Hall–Kier alpha value is -0.950. The molecule has 1 rings (SSSR count). The van der Waals surface area contributed by atoms with Gasteiger partial charge in [0.1, 0.15) is 0 Å². The first kappa shape index (κ1) is 17.1. The third-order valence-corrected chi connectivity index (χ3v) is 4.67. The summed E-state index contributed by atoms with van der Waals surface area (Å²) in [4.78, 5) is 0.360. The first-order chi connectivity index (χ1) is 9.24. The highest BCUT2D eigenvalue weighted by molar-refractivity contribution is 7.89. The summed E-state index contributed by atoms with van der Waals surface area (Å²) in [7, 11) is -3.49. The molecule has 1 unspecified atom stereocenters. The second kappa shape index (κ2) is 7.17. The molecule has 20 heavy (non-hydrogen) atoms.